The highest BCUT2D eigenvalue weighted by molar-refractivity contribution is 7.92. The highest BCUT2D eigenvalue weighted by Crippen LogP contribution is 2.25. The average molecular weight is 390 g/mol. The molecule has 0 N–H and O–H groups in total. The van der Waals surface area contributed by atoms with Crippen molar-refractivity contribution in [3.63, 3.8) is 0 Å². The summed E-state index contributed by atoms with van der Waals surface area (Å²) in [5.74, 6) is -0.193. The molecule has 0 atom stereocenters. The van der Waals surface area contributed by atoms with Gasteiger partial charge < -0.3 is 4.90 Å². The van der Waals surface area contributed by atoms with Crippen molar-refractivity contribution < 1.29 is 13.2 Å². The third-order valence-corrected chi connectivity index (χ3v) is 7.39. The van der Waals surface area contributed by atoms with Crippen molar-refractivity contribution in [1.29, 1.82) is 0 Å². The number of sulfone groups is 1. The second-order valence-electron chi connectivity index (χ2n) is 7.31. The summed E-state index contributed by atoms with van der Waals surface area (Å²) in [7, 11) is -1.45. The molecule has 0 aliphatic heterocycles. The van der Waals surface area contributed by atoms with E-state index >= 15 is 0 Å². The Kier molecular flexibility index (Phi) is 6.31. The molecule has 1 aromatic carbocycles. The molecule has 3 rings (SSSR count). The van der Waals surface area contributed by atoms with E-state index < -0.39 is 9.84 Å². The SMILES string of the molecule is CN(Cc1cnn(Cc2ccccc2)c1)C(=O)CCS(=O)(=O)C1CCCC1. The van der Waals surface area contributed by atoms with E-state index in [1.807, 2.05) is 41.2 Å². The van der Waals surface area contributed by atoms with Crippen molar-refractivity contribution in [2.45, 2.75) is 50.4 Å². The Bertz CT molecular complexity index is 856. The quantitative estimate of drug-likeness (QED) is 0.696. The van der Waals surface area contributed by atoms with Crippen LogP contribution < -0.4 is 0 Å². The number of rotatable bonds is 8. The summed E-state index contributed by atoms with van der Waals surface area (Å²) >= 11 is 0. The molecule has 0 saturated heterocycles. The summed E-state index contributed by atoms with van der Waals surface area (Å²) in [5.41, 5.74) is 2.09. The Hall–Kier alpha value is -2.15. The Balaban J connectivity index is 1.49. The molecular weight excluding hydrogens is 362 g/mol. The smallest absolute Gasteiger partial charge is 0.223 e. The van der Waals surface area contributed by atoms with Crippen molar-refractivity contribution in [1.82, 2.24) is 14.7 Å². The first-order valence-electron chi connectivity index (χ1n) is 9.45. The van der Waals surface area contributed by atoms with Gasteiger partial charge in [0, 0.05) is 31.8 Å². The van der Waals surface area contributed by atoms with Crippen LogP contribution in [-0.2, 0) is 27.7 Å². The zero-order chi connectivity index (χ0) is 19.3. The molecule has 146 valence electrons. The molecule has 0 unspecified atom stereocenters. The number of hydrogen-bond donors (Lipinski definition) is 0. The van der Waals surface area contributed by atoms with Gasteiger partial charge in [-0.2, -0.15) is 5.10 Å². The molecule has 2 aromatic rings. The lowest BCUT2D eigenvalue weighted by Crippen LogP contribution is -2.30. The third-order valence-electron chi connectivity index (χ3n) is 5.13. The number of aromatic nitrogens is 2. The number of carbonyl (C=O) groups excluding carboxylic acids is 1. The normalized spacial score (nSPS) is 15.1. The van der Waals surface area contributed by atoms with Crippen molar-refractivity contribution in [2.75, 3.05) is 12.8 Å². The molecule has 1 aromatic heterocycles. The van der Waals surface area contributed by atoms with Crippen LogP contribution in [0.2, 0.25) is 0 Å². The van der Waals surface area contributed by atoms with Gasteiger partial charge in [-0.25, -0.2) is 8.42 Å². The Morgan fingerprint density at radius 1 is 1.19 bits per heavy atom. The summed E-state index contributed by atoms with van der Waals surface area (Å²) in [6.07, 6.45) is 7.16. The van der Waals surface area contributed by atoms with Crippen LogP contribution in [0.15, 0.2) is 42.7 Å². The molecule has 1 saturated carbocycles. The fraction of sp³-hybridized carbons (Fsp3) is 0.500. The average Bonchev–Trinajstić information content (AvgIpc) is 3.33. The highest BCUT2D eigenvalue weighted by Gasteiger charge is 2.29. The van der Waals surface area contributed by atoms with E-state index in [1.165, 1.54) is 0 Å². The lowest BCUT2D eigenvalue weighted by atomic mass is 10.2. The van der Waals surface area contributed by atoms with Gasteiger partial charge in [0.2, 0.25) is 5.91 Å². The number of carbonyl (C=O) groups is 1. The van der Waals surface area contributed by atoms with E-state index in [0.29, 0.717) is 13.1 Å². The minimum absolute atomic E-state index is 0.0475. The van der Waals surface area contributed by atoms with Gasteiger partial charge in [0.25, 0.3) is 0 Å². The molecule has 0 bridgehead atoms. The molecule has 0 spiro atoms. The third kappa shape index (κ3) is 5.42. The van der Waals surface area contributed by atoms with E-state index in [0.717, 1.165) is 36.8 Å². The van der Waals surface area contributed by atoms with Gasteiger partial charge in [-0.15, -0.1) is 0 Å². The lowest BCUT2D eigenvalue weighted by molar-refractivity contribution is -0.130. The van der Waals surface area contributed by atoms with Crippen LogP contribution in [0.3, 0.4) is 0 Å². The van der Waals surface area contributed by atoms with Crippen LogP contribution in [-0.4, -0.2) is 47.1 Å². The molecular formula is C20H27N3O3S. The van der Waals surface area contributed by atoms with Crippen molar-refractivity contribution in [2.24, 2.45) is 0 Å². The maximum atomic E-state index is 12.3. The lowest BCUT2D eigenvalue weighted by Gasteiger charge is -2.17. The summed E-state index contributed by atoms with van der Waals surface area (Å²) in [4.78, 5) is 13.9. The van der Waals surface area contributed by atoms with Crippen LogP contribution in [0.4, 0.5) is 0 Å². The van der Waals surface area contributed by atoms with Crippen molar-refractivity contribution in [3.05, 3.63) is 53.9 Å². The zero-order valence-corrected chi connectivity index (χ0v) is 16.6. The Morgan fingerprint density at radius 3 is 2.59 bits per heavy atom. The number of hydrogen-bond acceptors (Lipinski definition) is 4. The minimum atomic E-state index is -3.16. The molecule has 0 radical (unpaired) electrons. The van der Waals surface area contributed by atoms with E-state index in [9.17, 15) is 13.2 Å². The number of amides is 1. The fourth-order valence-corrected chi connectivity index (χ4v) is 5.39. The van der Waals surface area contributed by atoms with Gasteiger partial charge in [-0.3, -0.25) is 9.48 Å². The van der Waals surface area contributed by atoms with Crippen molar-refractivity contribution >= 4 is 15.7 Å². The number of nitrogens with zero attached hydrogens (tertiary/aromatic N) is 3. The molecule has 1 fully saturated rings. The van der Waals surface area contributed by atoms with Crippen LogP contribution in [0.5, 0.6) is 0 Å². The maximum Gasteiger partial charge on any atom is 0.223 e. The van der Waals surface area contributed by atoms with Gasteiger partial charge >= 0.3 is 0 Å². The van der Waals surface area contributed by atoms with Gasteiger partial charge in [0.05, 0.1) is 23.7 Å². The first kappa shape index (κ1) is 19.6. The second kappa shape index (κ2) is 8.69. The van der Waals surface area contributed by atoms with Crippen LogP contribution in [0.1, 0.15) is 43.2 Å². The zero-order valence-electron chi connectivity index (χ0n) is 15.8. The highest BCUT2D eigenvalue weighted by atomic mass is 32.2. The molecule has 1 amide bonds. The Morgan fingerprint density at radius 2 is 1.89 bits per heavy atom. The van der Waals surface area contributed by atoms with Crippen LogP contribution >= 0.6 is 0 Å². The monoisotopic (exact) mass is 389 g/mol. The molecule has 1 aliphatic rings. The number of benzene rings is 1. The van der Waals surface area contributed by atoms with Crippen LogP contribution in [0.25, 0.3) is 0 Å². The van der Waals surface area contributed by atoms with Gasteiger partial charge in [0.1, 0.15) is 0 Å². The van der Waals surface area contributed by atoms with Gasteiger partial charge in [-0.05, 0) is 18.4 Å². The molecule has 27 heavy (non-hydrogen) atoms. The van der Waals surface area contributed by atoms with E-state index in [1.54, 1.807) is 18.1 Å². The second-order valence-corrected chi connectivity index (χ2v) is 9.71. The van der Waals surface area contributed by atoms with Crippen LogP contribution in [0, 0.1) is 0 Å². The fourth-order valence-electron chi connectivity index (χ4n) is 3.54. The largest absolute Gasteiger partial charge is 0.341 e. The maximum absolute atomic E-state index is 12.3. The van der Waals surface area contributed by atoms with Crippen molar-refractivity contribution in [3.8, 4) is 0 Å². The Labute approximate surface area is 161 Å². The molecule has 7 heteroatoms. The summed E-state index contributed by atoms with van der Waals surface area (Å²) in [6.45, 7) is 1.11. The van der Waals surface area contributed by atoms with E-state index in [2.05, 4.69) is 5.10 Å². The minimum Gasteiger partial charge on any atom is -0.341 e. The summed E-state index contributed by atoms with van der Waals surface area (Å²) in [6, 6.07) is 10.0. The molecule has 6 nitrogen and oxygen atoms in total. The van der Waals surface area contributed by atoms with E-state index in [-0.39, 0.29) is 23.3 Å². The van der Waals surface area contributed by atoms with Gasteiger partial charge in [-0.1, -0.05) is 43.2 Å². The first-order valence-corrected chi connectivity index (χ1v) is 11.2. The predicted molar refractivity (Wildman–Crippen MR) is 105 cm³/mol. The molecule has 1 aliphatic carbocycles. The predicted octanol–water partition coefficient (Wildman–Crippen LogP) is 2.64. The topological polar surface area (TPSA) is 72.3 Å². The van der Waals surface area contributed by atoms with Gasteiger partial charge in [0.15, 0.2) is 9.84 Å². The summed E-state index contributed by atoms with van der Waals surface area (Å²) in [5, 5.41) is 4.10. The summed E-state index contributed by atoms with van der Waals surface area (Å²) < 4.78 is 26.5. The standard InChI is InChI=1S/C20H27N3O3S/c1-22(20(24)11-12-27(25,26)19-9-5-6-10-19)14-18-13-21-23(16-18)15-17-7-3-2-4-8-17/h2-4,7-8,13,16,19H,5-6,9-12,14-15H2,1H3. The van der Waals surface area contributed by atoms with E-state index in [4.69, 9.17) is 0 Å². The first-order chi connectivity index (χ1) is 12.9. The molecule has 1 heterocycles.